The average Bonchev–Trinajstić information content (AvgIpc) is 2.44. The summed E-state index contributed by atoms with van der Waals surface area (Å²) >= 11 is 0. The molecular weight excluding hydrogens is 321 g/mol. The summed E-state index contributed by atoms with van der Waals surface area (Å²) in [5, 5.41) is 21.7. The minimum atomic E-state index is -1.64. The van der Waals surface area contributed by atoms with Crippen LogP contribution in [0.15, 0.2) is 42.5 Å². The molecule has 0 atom stereocenters. The van der Waals surface area contributed by atoms with Crippen molar-refractivity contribution in [2.75, 3.05) is 0 Å². The molecule has 0 saturated heterocycles. The van der Waals surface area contributed by atoms with Crippen molar-refractivity contribution >= 4 is 11.9 Å². The first-order chi connectivity index (χ1) is 9.97. The van der Waals surface area contributed by atoms with Crippen molar-refractivity contribution in [1.29, 1.82) is 0 Å². The molecule has 0 amide bonds. The topological polar surface area (TPSA) is 80.3 Å². The summed E-state index contributed by atoms with van der Waals surface area (Å²) in [6.45, 7) is 0. The standard InChI is InChI=1S/C16H9FO4.2Na/c17-12-3-1-2-10(8-12)4-5-11-6-7-13(15(18)19)14(9-11)16(20)21;;/h1-3,6-9H,(H,18,19)(H,20,21);;/q;2*+1/p-2. The third-order valence-electron chi connectivity index (χ3n) is 2.64. The van der Waals surface area contributed by atoms with Gasteiger partial charge in [-0.3, -0.25) is 0 Å². The Bertz CT molecular complexity index is 794. The van der Waals surface area contributed by atoms with E-state index in [2.05, 4.69) is 11.8 Å². The zero-order valence-corrected chi connectivity index (χ0v) is 16.6. The molecular formula is C16H7FNa2O4. The van der Waals surface area contributed by atoms with Crippen molar-refractivity contribution in [3.63, 3.8) is 0 Å². The van der Waals surface area contributed by atoms with E-state index in [1.807, 2.05) is 0 Å². The smallest absolute Gasteiger partial charge is 0.545 e. The molecule has 0 unspecified atom stereocenters. The van der Waals surface area contributed by atoms with Gasteiger partial charge in [-0.15, -0.1) is 0 Å². The molecule has 0 spiro atoms. The molecule has 7 heteroatoms. The first kappa shape index (κ1) is 21.9. The number of benzene rings is 2. The number of carboxylic acids is 2. The number of hydrogen-bond donors (Lipinski definition) is 0. The van der Waals surface area contributed by atoms with E-state index in [4.69, 9.17) is 0 Å². The Hall–Kier alpha value is -1.13. The third-order valence-corrected chi connectivity index (χ3v) is 2.64. The van der Waals surface area contributed by atoms with Crippen LogP contribution in [0.3, 0.4) is 0 Å². The van der Waals surface area contributed by atoms with Crippen LogP contribution in [0.2, 0.25) is 0 Å². The van der Waals surface area contributed by atoms with Gasteiger partial charge in [0, 0.05) is 22.3 Å². The molecule has 0 aliphatic carbocycles. The summed E-state index contributed by atoms with van der Waals surface area (Å²) in [6, 6.07) is 9.07. The summed E-state index contributed by atoms with van der Waals surface area (Å²) < 4.78 is 13.0. The van der Waals surface area contributed by atoms with E-state index in [-0.39, 0.29) is 64.7 Å². The van der Waals surface area contributed by atoms with Crippen molar-refractivity contribution in [1.82, 2.24) is 0 Å². The van der Waals surface area contributed by atoms with E-state index in [1.165, 1.54) is 24.3 Å². The summed E-state index contributed by atoms with van der Waals surface area (Å²) in [5.74, 6) is 1.59. The van der Waals surface area contributed by atoms with Crippen molar-refractivity contribution in [3.05, 3.63) is 70.5 Å². The van der Waals surface area contributed by atoms with Crippen LogP contribution in [0.1, 0.15) is 31.8 Å². The van der Waals surface area contributed by atoms with Gasteiger partial charge < -0.3 is 19.8 Å². The van der Waals surface area contributed by atoms with Crippen LogP contribution in [0.25, 0.3) is 0 Å². The SMILES string of the molecule is O=C([O-])c1ccc(C#Cc2cccc(F)c2)cc1C(=O)[O-].[Na+].[Na+]. The Labute approximate surface area is 176 Å². The number of aromatic carboxylic acids is 2. The summed E-state index contributed by atoms with van der Waals surface area (Å²) in [5.41, 5.74) is -0.315. The quantitative estimate of drug-likeness (QED) is 0.406. The Morgan fingerprint density at radius 1 is 0.826 bits per heavy atom. The van der Waals surface area contributed by atoms with Gasteiger partial charge in [-0.05, 0) is 30.3 Å². The Morgan fingerprint density at radius 2 is 1.39 bits per heavy atom. The number of halogens is 1. The van der Waals surface area contributed by atoms with Crippen LogP contribution in [0.4, 0.5) is 4.39 Å². The van der Waals surface area contributed by atoms with Gasteiger partial charge in [0.05, 0.1) is 11.9 Å². The maximum Gasteiger partial charge on any atom is 1.00 e. The molecule has 0 heterocycles. The second kappa shape index (κ2) is 9.89. The molecule has 0 saturated carbocycles. The fourth-order valence-electron chi connectivity index (χ4n) is 1.68. The first-order valence-electron chi connectivity index (χ1n) is 5.81. The van der Waals surface area contributed by atoms with E-state index >= 15 is 0 Å². The number of carbonyl (C=O) groups excluding carboxylic acids is 2. The predicted octanol–water partition coefficient (Wildman–Crippen LogP) is -6.04. The van der Waals surface area contributed by atoms with Gasteiger partial charge in [0.15, 0.2) is 0 Å². The van der Waals surface area contributed by atoms with Crippen LogP contribution in [0.5, 0.6) is 0 Å². The van der Waals surface area contributed by atoms with E-state index in [9.17, 15) is 24.2 Å². The molecule has 0 bridgehead atoms. The van der Waals surface area contributed by atoms with Crippen molar-refractivity contribution < 1.29 is 83.3 Å². The van der Waals surface area contributed by atoms with Gasteiger partial charge in [-0.2, -0.15) is 0 Å². The number of hydrogen-bond acceptors (Lipinski definition) is 4. The summed E-state index contributed by atoms with van der Waals surface area (Å²) in [6.07, 6.45) is 0. The second-order valence-electron chi connectivity index (χ2n) is 4.10. The minimum Gasteiger partial charge on any atom is -0.545 e. The Balaban J connectivity index is 0.00000242. The number of carbonyl (C=O) groups is 2. The van der Waals surface area contributed by atoms with E-state index in [1.54, 1.807) is 6.07 Å². The second-order valence-corrected chi connectivity index (χ2v) is 4.10. The maximum absolute atomic E-state index is 13.0. The molecule has 2 aromatic carbocycles. The van der Waals surface area contributed by atoms with Crippen molar-refractivity contribution in [2.45, 2.75) is 0 Å². The number of rotatable bonds is 2. The summed E-state index contributed by atoms with van der Waals surface area (Å²) in [7, 11) is 0. The van der Waals surface area contributed by atoms with Crippen LogP contribution < -0.4 is 69.3 Å². The molecule has 0 aliphatic heterocycles. The number of carboxylic acid groups (broad SMARTS) is 2. The molecule has 0 fully saturated rings. The molecule has 0 aromatic heterocycles. The van der Waals surface area contributed by atoms with Gasteiger partial charge >= 0.3 is 59.1 Å². The fourth-order valence-corrected chi connectivity index (χ4v) is 1.68. The molecule has 4 nitrogen and oxygen atoms in total. The molecule has 2 aromatic rings. The average molecular weight is 328 g/mol. The molecule has 0 aliphatic rings. The molecule has 23 heavy (non-hydrogen) atoms. The first-order valence-corrected chi connectivity index (χ1v) is 5.81. The largest absolute Gasteiger partial charge is 1.00 e. The van der Waals surface area contributed by atoms with Crippen LogP contribution in [-0.2, 0) is 0 Å². The normalized spacial score (nSPS) is 8.74. The maximum atomic E-state index is 13.0. The van der Waals surface area contributed by atoms with E-state index in [0.29, 0.717) is 5.56 Å². The van der Waals surface area contributed by atoms with Gasteiger partial charge in [-0.25, -0.2) is 4.39 Å². The predicted molar refractivity (Wildman–Crippen MR) is 67.5 cm³/mol. The van der Waals surface area contributed by atoms with Gasteiger partial charge in [0.25, 0.3) is 0 Å². The molecule has 0 radical (unpaired) electrons. The molecule has 2 rings (SSSR count). The third kappa shape index (κ3) is 6.11. The van der Waals surface area contributed by atoms with Crippen LogP contribution >= 0.6 is 0 Å². The van der Waals surface area contributed by atoms with Crippen molar-refractivity contribution in [2.24, 2.45) is 0 Å². The Morgan fingerprint density at radius 3 is 1.91 bits per heavy atom. The summed E-state index contributed by atoms with van der Waals surface area (Å²) in [4.78, 5) is 21.7. The molecule has 104 valence electrons. The minimum absolute atomic E-state index is 0. The fraction of sp³-hybridized carbons (Fsp3) is 0. The van der Waals surface area contributed by atoms with Crippen LogP contribution in [0, 0.1) is 17.7 Å². The van der Waals surface area contributed by atoms with Crippen molar-refractivity contribution in [3.8, 4) is 11.8 Å². The Kier molecular flexibility index (Phi) is 9.40. The van der Waals surface area contributed by atoms with Gasteiger partial charge in [-0.1, -0.05) is 24.0 Å². The monoisotopic (exact) mass is 328 g/mol. The van der Waals surface area contributed by atoms with Gasteiger partial charge in [0.1, 0.15) is 5.82 Å². The van der Waals surface area contributed by atoms with E-state index in [0.717, 1.165) is 12.1 Å². The molecule has 0 N–H and O–H groups in total. The van der Waals surface area contributed by atoms with Crippen LogP contribution in [-0.4, -0.2) is 11.9 Å². The zero-order chi connectivity index (χ0) is 15.4. The van der Waals surface area contributed by atoms with Gasteiger partial charge in [0.2, 0.25) is 0 Å². The van der Waals surface area contributed by atoms with E-state index < -0.39 is 28.9 Å². The zero-order valence-electron chi connectivity index (χ0n) is 12.6.